The number of carbonyl (C=O) groups excluding carboxylic acids is 1. The van der Waals surface area contributed by atoms with Crippen LogP contribution in [0.25, 0.3) is 0 Å². The molecule has 1 heterocycles. The van der Waals surface area contributed by atoms with Crippen LogP contribution in [0.3, 0.4) is 0 Å². The molecule has 0 aliphatic carbocycles. The summed E-state index contributed by atoms with van der Waals surface area (Å²) in [5.41, 5.74) is 1.01. The molecule has 1 amide bonds. The largest absolute Gasteiger partial charge is 0.492 e. The molecule has 2 rings (SSSR count). The number of carbonyl (C=O) groups is 1. The number of nitrogens with one attached hydrogen (secondary N) is 2. The molecule has 0 bridgehead atoms. The minimum Gasteiger partial charge on any atom is -0.492 e. The van der Waals surface area contributed by atoms with Crippen LogP contribution >= 0.6 is 11.6 Å². The van der Waals surface area contributed by atoms with E-state index in [0.717, 1.165) is 24.3 Å². The Balaban J connectivity index is 1.88. The third-order valence-corrected chi connectivity index (χ3v) is 3.44. The normalized spacial score (nSPS) is 17.5. The molecule has 0 radical (unpaired) electrons. The van der Waals surface area contributed by atoms with E-state index < -0.39 is 0 Å². The third-order valence-electron chi connectivity index (χ3n) is 3.20. The molecule has 1 aliphatic rings. The van der Waals surface area contributed by atoms with E-state index in [1.165, 1.54) is 0 Å². The van der Waals surface area contributed by atoms with Crippen LogP contribution in [0.4, 0.5) is 0 Å². The average Bonchev–Trinajstić information content (AvgIpc) is 2.42. The fourth-order valence-corrected chi connectivity index (χ4v) is 2.35. The second-order valence-electron chi connectivity index (χ2n) is 4.71. The second-order valence-corrected chi connectivity index (χ2v) is 5.15. The fraction of sp³-hybridized carbons (Fsp3) is 0.500. The fourth-order valence-electron chi connectivity index (χ4n) is 2.15. The Bertz CT molecular complexity index is 451. The minimum absolute atomic E-state index is 0.0572. The van der Waals surface area contributed by atoms with Gasteiger partial charge in [-0.15, -0.1) is 0 Å². The first-order valence-electron chi connectivity index (χ1n) is 6.54. The van der Waals surface area contributed by atoms with Crippen LogP contribution in [0, 0.1) is 5.92 Å². The lowest BCUT2D eigenvalue weighted by Crippen LogP contribution is -2.38. The van der Waals surface area contributed by atoms with Crippen LogP contribution in [-0.4, -0.2) is 32.7 Å². The molecule has 0 saturated heterocycles. The molecule has 0 saturated carbocycles. The maximum atomic E-state index is 12.0. The van der Waals surface area contributed by atoms with Gasteiger partial charge in [-0.3, -0.25) is 4.79 Å². The Kier molecular flexibility index (Phi) is 5.05. The lowest BCUT2D eigenvalue weighted by Gasteiger charge is -2.24. The van der Waals surface area contributed by atoms with E-state index in [-0.39, 0.29) is 11.8 Å². The zero-order valence-electron chi connectivity index (χ0n) is 11.0. The number of ether oxygens (including phenoxy) is 1. The molecule has 0 spiro atoms. The van der Waals surface area contributed by atoms with E-state index >= 15 is 0 Å². The van der Waals surface area contributed by atoms with Crippen molar-refractivity contribution in [2.45, 2.75) is 12.8 Å². The number of rotatable bonds is 5. The van der Waals surface area contributed by atoms with Gasteiger partial charge in [-0.25, -0.2) is 0 Å². The molecule has 1 aromatic carbocycles. The highest BCUT2D eigenvalue weighted by Gasteiger charge is 2.25. The highest BCUT2D eigenvalue weighted by molar-refractivity contribution is 6.30. The molecule has 5 heteroatoms. The van der Waals surface area contributed by atoms with E-state index in [1.807, 2.05) is 19.2 Å². The first-order chi connectivity index (χ1) is 9.20. The van der Waals surface area contributed by atoms with Gasteiger partial charge in [0.05, 0.1) is 5.92 Å². The summed E-state index contributed by atoms with van der Waals surface area (Å²) in [7, 11) is 1.90. The van der Waals surface area contributed by atoms with Crippen molar-refractivity contribution >= 4 is 17.5 Å². The van der Waals surface area contributed by atoms with E-state index in [0.29, 0.717) is 24.6 Å². The first kappa shape index (κ1) is 14.2. The number of benzene rings is 1. The van der Waals surface area contributed by atoms with Crippen LogP contribution in [0.5, 0.6) is 5.75 Å². The maximum Gasteiger partial charge on any atom is 0.226 e. The van der Waals surface area contributed by atoms with Crippen molar-refractivity contribution in [2.24, 2.45) is 5.92 Å². The average molecular weight is 283 g/mol. The zero-order valence-corrected chi connectivity index (χ0v) is 11.8. The Hall–Kier alpha value is -1.26. The zero-order chi connectivity index (χ0) is 13.7. The summed E-state index contributed by atoms with van der Waals surface area (Å²) in [4.78, 5) is 12.0. The predicted molar refractivity (Wildman–Crippen MR) is 75.7 cm³/mol. The van der Waals surface area contributed by atoms with Crippen molar-refractivity contribution in [3.63, 3.8) is 0 Å². The van der Waals surface area contributed by atoms with Crippen molar-refractivity contribution in [2.75, 3.05) is 26.7 Å². The summed E-state index contributed by atoms with van der Waals surface area (Å²) >= 11 is 5.96. The van der Waals surface area contributed by atoms with Gasteiger partial charge in [0.15, 0.2) is 0 Å². The molecule has 1 unspecified atom stereocenters. The van der Waals surface area contributed by atoms with Crippen LogP contribution in [0.2, 0.25) is 5.02 Å². The second kappa shape index (κ2) is 6.78. The van der Waals surface area contributed by atoms with Gasteiger partial charge in [0.2, 0.25) is 5.91 Å². The highest BCUT2D eigenvalue weighted by Crippen LogP contribution is 2.29. The molecule has 19 heavy (non-hydrogen) atoms. The van der Waals surface area contributed by atoms with Gasteiger partial charge in [0.1, 0.15) is 12.4 Å². The Labute approximate surface area is 118 Å². The number of amides is 1. The number of hydrogen-bond acceptors (Lipinski definition) is 3. The van der Waals surface area contributed by atoms with Crippen LogP contribution in [0.15, 0.2) is 18.2 Å². The van der Waals surface area contributed by atoms with Crippen molar-refractivity contribution in [1.82, 2.24) is 10.6 Å². The number of halogens is 1. The van der Waals surface area contributed by atoms with Crippen LogP contribution in [-0.2, 0) is 11.2 Å². The van der Waals surface area contributed by atoms with Gasteiger partial charge in [-0.05, 0) is 50.2 Å². The van der Waals surface area contributed by atoms with Crippen LogP contribution in [0.1, 0.15) is 12.0 Å². The predicted octanol–water partition coefficient (Wildman–Crippen LogP) is 1.62. The van der Waals surface area contributed by atoms with E-state index in [1.54, 1.807) is 6.07 Å². The molecular weight excluding hydrogens is 264 g/mol. The molecule has 4 nitrogen and oxygen atoms in total. The maximum absolute atomic E-state index is 12.0. The molecule has 2 N–H and O–H groups in total. The summed E-state index contributed by atoms with van der Waals surface area (Å²) in [5.74, 6) is 0.769. The molecule has 104 valence electrons. The molecule has 1 aliphatic heterocycles. The minimum atomic E-state index is -0.124. The van der Waals surface area contributed by atoms with E-state index in [9.17, 15) is 4.79 Å². The molecule has 1 atom stereocenters. The Morgan fingerprint density at radius 2 is 2.32 bits per heavy atom. The first-order valence-corrected chi connectivity index (χ1v) is 6.92. The van der Waals surface area contributed by atoms with Crippen molar-refractivity contribution in [3.05, 3.63) is 28.8 Å². The topological polar surface area (TPSA) is 50.4 Å². The van der Waals surface area contributed by atoms with Gasteiger partial charge < -0.3 is 15.4 Å². The summed E-state index contributed by atoms with van der Waals surface area (Å²) in [6, 6.07) is 5.54. The van der Waals surface area contributed by atoms with Crippen LogP contribution < -0.4 is 15.4 Å². The van der Waals surface area contributed by atoms with Gasteiger partial charge in [-0.2, -0.15) is 0 Å². The standard InChI is InChI=1S/C14H19ClN2O2/c1-16-5-2-6-17-14(18)11-7-10-8-12(15)3-4-13(10)19-9-11/h3-4,8,11,16H,2,5-7,9H2,1H3,(H,17,18). The summed E-state index contributed by atoms with van der Waals surface area (Å²) in [6.07, 6.45) is 1.62. The van der Waals surface area contributed by atoms with Gasteiger partial charge in [-0.1, -0.05) is 11.6 Å². The lowest BCUT2D eigenvalue weighted by atomic mass is 9.96. The van der Waals surface area contributed by atoms with E-state index in [2.05, 4.69) is 10.6 Å². The summed E-state index contributed by atoms with van der Waals surface area (Å²) in [6.45, 7) is 2.03. The third kappa shape index (κ3) is 3.85. The smallest absolute Gasteiger partial charge is 0.226 e. The molecular formula is C14H19ClN2O2. The highest BCUT2D eigenvalue weighted by atomic mass is 35.5. The van der Waals surface area contributed by atoms with Gasteiger partial charge in [0.25, 0.3) is 0 Å². The molecule has 0 aromatic heterocycles. The summed E-state index contributed by atoms with van der Waals surface area (Å²) in [5, 5.41) is 6.67. The Morgan fingerprint density at radius 1 is 1.47 bits per heavy atom. The van der Waals surface area contributed by atoms with E-state index in [4.69, 9.17) is 16.3 Å². The summed E-state index contributed by atoms with van der Waals surface area (Å²) < 4.78 is 5.61. The SMILES string of the molecule is CNCCCNC(=O)C1COc2ccc(Cl)cc2C1. The molecule has 0 fully saturated rings. The monoisotopic (exact) mass is 282 g/mol. The lowest BCUT2D eigenvalue weighted by molar-refractivity contribution is -0.126. The number of hydrogen-bond donors (Lipinski definition) is 2. The van der Waals surface area contributed by atoms with Crippen molar-refractivity contribution in [3.8, 4) is 5.75 Å². The quantitative estimate of drug-likeness (QED) is 0.807. The van der Waals surface area contributed by atoms with Crippen molar-refractivity contribution in [1.29, 1.82) is 0 Å². The molecule has 1 aromatic rings. The Morgan fingerprint density at radius 3 is 3.11 bits per heavy atom. The number of fused-ring (bicyclic) bond motifs is 1. The van der Waals surface area contributed by atoms with Gasteiger partial charge >= 0.3 is 0 Å². The van der Waals surface area contributed by atoms with Crippen molar-refractivity contribution < 1.29 is 9.53 Å². The van der Waals surface area contributed by atoms with Gasteiger partial charge in [0, 0.05) is 11.6 Å².